The SMILES string of the molecule is COC(=O)C1(NC2CC2)CCC(N(C)CC(F)F)C1. The van der Waals surface area contributed by atoms with Gasteiger partial charge in [-0.15, -0.1) is 0 Å². The van der Waals surface area contributed by atoms with Crippen LogP contribution >= 0.6 is 0 Å². The van der Waals surface area contributed by atoms with Crippen molar-refractivity contribution in [2.24, 2.45) is 0 Å². The fourth-order valence-corrected chi connectivity index (χ4v) is 2.95. The molecule has 0 bridgehead atoms. The van der Waals surface area contributed by atoms with Crippen LogP contribution in [0.15, 0.2) is 0 Å². The number of alkyl halides is 2. The van der Waals surface area contributed by atoms with Crippen molar-refractivity contribution in [1.82, 2.24) is 10.2 Å². The second kappa shape index (κ2) is 5.71. The molecule has 0 spiro atoms. The van der Waals surface area contributed by atoms with E-state index in [1.165, 1.54) is 7.11 Å². The number of nitrogens with zero attached hydrogens (tertiary/aromatic N) is 1. The van der Waals surface area contributed by atoms with Crippen LogP contribution in [0.4, 0.5) is 8.78 Å². The minimum atomic E-state index is -2.34. The first kappa shape index (κ1) is 14.7. The number of ether oxygens (including phenoxy) is 1. The van der Waals surface area contributed by atoms with E-state index < -0.39 is 12.0 Å². The molecule has 4 nitrogen and oxygen atoms in total. The van der Waals surface area contributed by atoms with Crippen LogP contribution in [0.3, 0.4) is 0 Å². The number of esters is 1. The van der Waals surface area contributed by atoms with Crippen LogP contribution in [-0.2, 0) is 9.53 Å². The summed E-state index contributed by atoms with van der Waals surface area (Å²) in [5.74, 6) is -0.257. The first-order valence-corrected chi connectivity index (χ1v) is 6.81. The Morgan fingerprint density at radius 2 is 2.16 bits per heavy atom. The van der Waals surface area contributed by atoms with Crippen LogP contribution in [0, 0.1) is 0 Å². The van der Waals surface area contributed by atoms with E-state index in [2.05, 4.69) is 5.32 Å². The molecule has 2 fully saturated rings. The fourth-order valence-electron chi connectivity index (χ4n) is 2.95. The molecule has 0 aromatic heterocycles. The maximum Gasteiger partial charge on any atom is 0.326 e. The van der Waals surface area contributed by atoms with Gasteiger partial charge in [0.25, 0.3) is 6.43 Å². The van der Waals surface area contributed by atoms with Gasteiger partial charge in [0.1, 0.15) is 5.54 Å². The average Bonchev–Trinajstić information content (AvgIpc) is 3.04. The predicted octanol–water partition coefficient (Wildman–Crippen LogP) is 1.40. The third-order valence-corrected chi connectivity index (χ3v) is 4.17. The average molecular weight is 276 g/mol. The van der Waals surface area contributed by atoms with Crippen molar-refractivity contribution in [2.45, 2.75) is 56.2 Å². The van der Waals surface area contributed by atoms with Crippen molar-refractivity contribution >= 4 is 5.97 Å². The van der Waals surface area contributed by atoms with Crippen molar-refractivity contribution in [1.29, 1.82) is 0 Å². The zero-order chi connectivity index (χ0) is 14.0. The fraction of sp³-hybridized carbons (Fsp3) is 0.923. The molecule has 0 amide bonds. The van der Waals surface area contributed by atoms with Crippen LogP contribution in [0.5, 0.6) is 0 Å². The van der Waals surface area contributed by atoms with Crippen LogP contribution in [-0.4, -0.2) is 55.6 Å². The number of nitrogens with one attached hydrogen (secondary N) is 1. The number of rotatable bonds is 6. The van der Waals surface area contributed by atoms with Gasteiger partial charge in [0.05, 0.1) is 13.7 Å². The van der Waals surface area contributed by atoms with Crippen molar-refractivity contribution in [2.75, 3.05) is 20.7 Å². The normalized spacial score (nSPS) is 31.2. The van der Waals surface area contributed by atoms with E-state index in [0.29, 0.717) is 18.9 Å². The zero-order valence-corrected chi connectivity index (χ0v) is 11.5. The molecule has 0 heterocycles. The number of methoxy groups -OCH3 is 1. The first-order chi connectivity index (χ1) is 8.97. The Morgan fingerprint density at radius 1 is 1.47 bits per heavy atom. The maximum absolute atomic E-state index is 12.4. The molecular weight excluding hydrogens is 254 g/mol. The number of halogens is 2. The standard InChI is InChI=1S/C13H22F2N2O2/c1-17(8-11(14)15)10-5-6-13(7-10,12(18)19-2)16-9-3-4-9/h9-11,16H,3-8H2,1-2H3. The van der Waals surface area contributed by atoms with Crippen LogP contribution in [0.25, 0.3) is 0 Å². The van der Waals surface area contributed by atoms with E-state index in [1.807, 2.05) is 0 Å². The summed E-state index contributed by atoms with van der Waals surface area (Å²) in [5.41, 5.74) is -0.670. The molecule has 1 N–H and O–H groups in total. The van der Waals surface area contributed by atoms with Crippen LogP contribution in [0.2, 0.25) is 0 Å². The molecule has 110 valence electrons. The van der Waals surface area contributed by atoms with Gasteiger partial charge < -0.3 is 4.74 Å². The molecule has 2 aliphatic rings. The topological polar surface area (TPSA) is 41.6 Å². The molecule has 0 saturated heterocycles. The summed E-state index contributed by atoms with van der Waals surface area (Å²) in [4.78, 5) is 13.7. The van der Waals surface area contributed by atoms with E-state index in [4.69, 9.17) is 4.74 Å². The molecule has 2 atom stereocenters. The van der Waals surface area contributed by atoms with Crippen molar-refractivity contribution in [3.8, 4) is 0 Å². The molecule has 2 aliphatic carbocycles. The molecule has 6 heteroatoms. The third-order valence-electron chi connectivity index (χ3n) is 4.17. The molecule has 0 radical (unpaired) electrons. The van der Waals surface area contributed by atoms with Gasteiger partial charge in [-0.2, -0.15) is 0 Å². The molecule has 0 aliphatic heterocycles. The number of hydrogen-bond acceptors (Lipinski definition) is 4. The number of carbonyl (C=O) groups is 1. The summed E-state index contributed by atoms with van der Waals surface area (Å²) in [6.07, 6.45) is 1.79. The summed E-state index contributed by atoms with van der Waals surface area (Å²) < 4.78 is 29.8. The van der Waals surface area contributed by atoms with Gasteiger partial charge in [0, 0.05) is 12.1 Å². The summed E-state index contributed by atoms with van der Waals surface area (Å²) >= 11 is 0. The van der Waals surface area contributed by atoms with Gasteiger partial charge >= 0.3 is 5.97 Å². The largest absolute Gasteiger partial charge is 0.468 e. The van der Waals surface area contributed by atoms with Crippen LogP contribution < -0.4 is 5.32 Å². The second-order valence-corrected chi connectivity index (χ2v) is 5.72. The summed E-state index contributed by atoms with van der Waals surface area (Å²) in [6, 6.07) is 0.401. The summed E-state index contributed by atoms with van der Waals surface area (Å²) in [5, 5.41) is 3.37. The number of carbonyl (C=O) groups excluding carboxylic acids is 1. The molecule has 0 aromatic rings. The van der Waals surface area contributed by atoms with Crippen LogP contribution in [0.1, 0.15) is 32.1 Å². The monoisotopic (exact) mass is 276 g/mol. The number of hydrogen-bond donors (Lipinski definition) is 1. The van der Waals surface area contributed by atoms with Crippen molar-refractivity contribution in [3.63, 3.8) is 0 Å². The Balaban J connectivity index is 1.99. The third kappa shape index (κ3) is 3.42. The highest BCUT2D eigenvalue weighted by Gasteiger charge is 2.49. The molecule has 0 aromatic carbocycles. The molecule has 19 heavy (non-hydrogen) atoms. The van der Waals surface area contributed by atoms with Crippen molar-refractivity contribution in [3.05, 3.63) is 0 Å². The minimum Gasteiger partial charge on any atom is -0.468 e. The lowest BCUT2D eigenvalue weighted by Gasteiger charge is -2.30. The Kier molecular flexibility index (Phi) is 4.40. The highest BCUT2D eigenvalue weighted by atomic mass is 19.3. The van der Waals surface area contributed by atoms with Crippen molar-refractivity contribution < 1.29 is 18.3 Å². The molecule has 2 unspecified atom stereocenters. The Hall–Kier alpha value is -0.750. The minimum absolute atomic E-state index is 0.0133. The van der Waals surface area contributed by atoms with Gasteiger partial charge in [-0.05, 0) is 39.2 Å². The lowest BCUT2D eigenvalue weighted by molar-refractivity contribution is -0.148. The van der Waals surface area contributed by atoms with E-state index in [1.54, 1.807) is 11.9 Å². The van der Waals surface area contributed by atoms with E-state index >= 15 is 0 Å². The van der Waals surface area contributed by atoms with E-state index in [0.717, 1.165) is 19.3 Å². The lowest BCUT2D eigenvalue weighted by Crippen LogP contribution is -2.53. The highest BCUT2D eigenvalue weighted by Crippen LogP contribution is 2.37. The molecule has 2 rings (SSSR count). The first-order valence-electron chi connectivity index (χ1n) is 6.81. The predicted molar refractivity (Wildman–Crippen MR) is 67.2 cm³/mol. The van der Waals surface area contributed by atoms with Gasteiger partial charge in [0.15, 0.2) is 0 Å². The zero-order valence-electron chi connectivity index (χ0n) is 11.5. The van der Waals surface area contributed by atoms with Gasteiger partial charge in [-0.1, -0.05) is 0 Å². The molecule has 2 saturated carbocycles. The quantitative estimate of drug-likeness (QED) is 0.745. The lowest BCUT2D eigenvalue weighted by atomic mass is 9.97. The van der Waals surface area contributed by atoms with Gasteiger partial charge in [0.2, 0.25) is 0 Å². The van der Waals surface area contributed by atoms with E-state index in [9.17, 15) is 13.6 Å². The van der Waals surface area contributed by atoms with E-state index in [-0.39, 0.29) is 18.6 Å². The van der Waals surface area contributed by atoms with Gasteiger partial charge in [-0.3, -0.25) is 15.0 Å². The highest BCUT2D eigenvalue weighted by molar-refractivity contribution is 5.81. The summed E-state index contributed by atoms with van der Waals surface area (Å²) in [7, 11) is 3.08. The maximum atomic E-state index is 12.4. The molecular formula is C13H22F2N2O2. The Bertz CT molecular complexity index is 337. The van der Waals surface area contributed by atoms with Gasteiger partial charge in [-0.25, -0.2) is 8.78 Å². The Morgan fingerprint density at radius 3 is 2.68 bits per heavy atom. The smallest absolute Gasteiger partial charge is 0.326 e. The second-order valence-electron chi connectivity index (χ2n) is 5.72. The summed E-state index contributed by atoms with van der Waals surface area (Å²) in [6.45, 7) is -0.245. The Labute approximate surface area is 112 Å².